The van der Waals surface area contributed by atoms with Crippen LogP contribution in [0.2, 0.25) is 5.02 Å². The summed E-state index contributed by atoms with van der Waals surface area (Å²) >= 11 is 6.39. The predicted octanol–water partition coefficient (Wildman–Crippen LogP) is 4.42. The minimum Gasteiger partial charge on any atom is -0.492 e. The second kappa shape index (κ2) is 11.3. The Labute approximate surface area is 210 Å². The van der Waals surface area contributed by atoms with E-state index in [4.69, 9.17) is 31.5 Å². The van der Waals surface area contributed by atoms with Crippen molar-refractivity contribution in [2.75, 3.05) is 31.7 Å². The van der Waals surface area contributed by atoms with Crippen molar-refractivity contribution in [2.24, 2.45) is 11.1 Å². The van der Waals surface area contributed by atoms with E-state index in [0.717, 1.165) is 0 Å². The molecule has 0 bridgehead atoms. The van der Waals surface area contributed by atoms with Crippen molar-refractivity contribution >= 4 is 29.2 Å². The third-order valence-corrected chi connectivity index (χ3v) is 5.73. The highest BCUT2D eigenvalue weighted by molar-refractivity contribution is 6.30. The van der Waals surface area contributed by atoms with E-state index in [0.29, 0.717) is 59.5 Å². The van der Waals surface area contributed by atoms with Crippen LogP contribution in [0.1, 0.15) is 50.8 Å². The van der Waals surface area contributed by atoms with E-state index in [1.807, 2.05) is 26.8 Å². The molecule has 2 aromatic rings. The molecule has 0 aliphatic carbocycles. The number of rotatable bonds is 9. The maximum absolute atomic E-state index is 13.6. The molecular formula is C26H33ClN2O6. The number of methoxy groups -OCH3 is 1. The Morgan fingerprint density at radius 2 is 1.97 bits per heavy atom. The first-order chi connectivity index (χ1) is 16.6. The Kier molecular flexibility index (Phi) is 8.64. The molecule has 0 saturated carbocycles. The number of carboxylic acid groups (broad SMARTS) is 1. The highest BCUT2D eigenvalue weighted by atomic mass is 35.5. The Morgan fingerprint density at radius 3 is 2.60 bits per heavy atom. The van der Waals surface area contributed by atoms with E-state index in [1.165, 1.54) is 7.11 Å². The van der Waals surface area contributed by atoms with Gasteiger partial charge in [0.25, 0.3) is 5.91 Å². The molecule has 9 heteroatoms. The summed E-state index contributed by atoms with van der Waals surface area (Å²) in [7, 11) is 1.52. The van der Waals surface area contributed by atoms with Crippen molar-refractivity contribution in [1.82, 2.24) is 0 Å². The number of hydrogen-bond acceptors (Lipinski definition) is 6. The molecule has 0 spiro atoms. The lowest BCUT2D eigenvalue weighted by Gasteiger charge is -2.31. The van der Waals surface area contributed by atoms with Gasteiger partial charge in [0, 0.05) is 28.4 Å². The van der Waals surface area contributed by atoms with Crippen LogP contribution in [0, 0.1) is 5.41 Å². The summed E-state index contributed by atoms with van der Waals surface area (Å²) in [6.07, 6.45) is -1.84. The highest BCUT2D eigenvalue weighted by Crippen LogP contribution is 2.45. The van der Waals surface area contributed by atoms with Gasteiger partial charge in [-0.3, -0.25) is 9.59 Å². The zero-order valence-corrected chi connectivity index (χ0v) is 21.3. The third-order valence-electron chi connectivity index (χ3n) is 5.50. The van der Waals surface area contributed by atoms with E-state index in [9.17, 15) is 14.7 Å². The minimum absolute atomic E-state index is 0.255. The summed E-state index contributed by atoms with van der Waals surface area (Å²) < 4.78 is 17.9. The van der Waals surface area contributed by atoms with Gasteiger partial charge in [-0.25, -0.2) is 0 Å². The van der Waals surface area contributed by atoms with Crippen LogP contribution >= 0.6 is 11.6 Å². The smallest absolute Gasteiger partial charge is 0.306 e. The number of amides is 1. The van der Waals surface area contributed by atoms with Crippen LogP contribution in [0.3, 0.4) is 0 Å². The Balaban J connectivity index is 2.20. The largest absolute Gasteiger partial charge is 0.492 e. The van der Waals surface area contributed by atoms with Gasteiger partial charge in [-0.15, -0.1) is 0 Å². The first kappa shape index (κ1) is 26.8. The second-order valence-electron chi connectivity index (χ2n) is 9.66. The van der Waals surface area contributed by atoms with Gasteiger partial charge in [-0.05, 0) is 42.6 Å². The van der Waals surface area contributed by atoms with E-state index < -0.39 is 30.5 Å². The lowest BCUT2D eigenvalue weighted by Crippen LogP contribution is -2.44. The predicted molar refractivity (Wildman–Crippen MR) is 134 cm³/mol. The zero-order valence-electron chi connectivity index (χ0n) is 20.5. The number of nitrogens with zero attached hydrogens (tertiary/aromatic N) is 1. The Bertz CT molecular complexity index is 1070. The van der Waals surface area contributed by atoms with Crippen molar-refractivity contribution in [1.29, 1.82) is 0 Å². The first-order valence-electron chi connectivity index (χ1n) is 11.5. The number of hydrogen-bond donors (Lipinski definition) is 2. The molecule has 1 aliphatic rings. The molecule has 35 heavy (non-hydrogen) atoms. The molecule has 8 nitrogen and oxygen atoms in total. The van der Waals surface area contributed by atoms with E-state index in [1.54, 1.807) is 35.2 Å². The molecule has 190 valence electrons. The summed E-state index contributed by atoms with van der Waals surface area (Å²) in [5.41, 5.74) is 7.19. The van der Waals surface area contributed by atoms with Crippen LogP contribution in [0.25, 0.3) is 0 Å². The summed E-state index contributed by atoms with van der Waals surface area (Å²) in [5.74, 6) is -0.607. The Hall–Kier alpha value is -2.81. The maximum Gasteiger partial charge on any atom is 0.306 e. The number of carbonyl (C=O) groups excluding carboxylic acids is 1. The number of anilines is 1. The van der Waals surface area contributed by atoms with Crippen LogP contribution in [0.4, 0.5) is 5.69 Å². The number of para-hydroxylation sites is 1. The van der Waals surface area contributed by atoms with Crippen molar-refractivity contribution in [3.8, 4) is 11.5 Å². The number of fused-ring (bicyclic) bond motifs is 1. The molecule has 0 fully saturated rings. The topological polar surface area (TPSA) is 111 Å². The van der Waals surface area contributed by atoms with Gasteiger partial charge in [-0.1, -0.05) is 44.5 Å². The van der Waals surface area contributed by atoms with Crippen LogP contribution in [-0.4, -0.2) is 49.9 Å². The highest BCUT2D eigenvalue weighted by Gasteiger charge is 2.40. The summed E-state index contributed by atoms with van der Waals surface area (Å²) in [6, 6.07) is 10.6. The fraction of sp³-hybridized carbons (Fsp3) is 0.462. The van der Waals surface area contributed by atoms with E-state index >= 15 is 0 Å². The van der Waals surface area contributed by atoms with Gasteiger partial charge in [0.2, 0.25) is 0 Å². The molecule has 2 unspecified atom stereocenters. The quantitative estimate of drug-likeness (QED) is 0.486. The number of ether oxygens (including phenoxy) is 3. The normalized spacial score (nSPS) is 18.1. The molecule has 0 saturated heterocycles. The van der Waals surface area contributed by atoms with Gasteiger partial charge in [0.15, 0.2) is 11.5 Å². The van der Waals surface area contributed by atoms with Gasteiger partial charge in [-0.2, -0.15) is 0 Å². The van der Waals surface area contributed by atoms with Crippen LogP contribution in [-0.2, 0) is 14.3 Å². The molecule has 1 aliphatic heterocycles. The van der Waals surface area contributed by atoms with Gasteiger partial charge >= 0.3 is 5.97 Å². The number of aliphatic carboxylic acids is 1. The van der Waals surface area contributed by atoms with Crippen LogP contribution in [0.5, 0.6) is 11.5 Å². The van der Waals surface area contributed by atoms with Crippen molar-refractivity contribution < 1.29 is 28.9 Å². The standard InChI is InChI=1S/C26H33ClN2O6/c1-26(2,3)15-29-19-10-9-16(27)13-18(19)23(35-21(25(29)32)14-22(30)31)17-7-5-8-20(24(17)33-4)34-12-6-11-28/h5,7-10,13,21,23H,6,11-12,14-15,28H2,1-4H3,(H,30,31). The molecule has 3 rings (SSSR count). The Morgan fingerprint density at radius 1 is 1.23 bits per heavy atom. The monoisotopic (exact) mass is 504 g/mol. The number of halogens is 1. The maximum atomic E-state index is 13.6. The average Bonchev–Trinajstić information content (AvgIpc) is 2.88. The summed E-state index contributed by atoms with van der Waals surface area (Å²) in [4.78, 5) is 26.9. The molecule has 3 N–H and O–H groups in total. The molecule has 0 aromatic heterocycles. The molecule has 2 atom stereocenters. The van der Waals surface area contributed by atoms with E-state index in [2.05, 4.69) is 0 Å². The molecular weight excluding hydrogens is 472 g/mol. The molecule has 1 heterocycles. The van der Waals surface area contributed by atoms with Crippen molar-refractivity contribution in [3.05, 3.63) is 52.5 Å². The lowest BCUT2D eigenvalue weighted by atomic mass is 9.94. The average molecular weight is 505 g/mol. The summed E-state index contributed by atoms with van der Waals surface area (Å²) in [5, 5.41) is 10.0. The number of nitrogens with two attached hydrogens (primary N) is 1. The SMILES string of the molecule is COc1c(OCCCN)cccc1C1OC(CC(=O)O)C(=O)N(CC(C)(C)C)c2ccc(Cl)cc21. The third kappa shape index (κ3) is 6.45. The van der Waals surface area contributed by atoms with Crippen molar-refractivity contribution in [2.45, 2.75) is 45.8 Å². The fourth-order valence-corrected chi connectivity index (χ4v) is 4.26. The van der Waals surface area contributed by atoms with E-state index in [-0.39, 0.29) is 5.41 Å². The molecule has 0 radical (unpaired) electrons. The van der Waals surface area contributed by atoms with Gasteiger partial charge in [0.1, 0.15) is 12.2 Å². The van der Waals surface area contributed by atoms with Crippen molar-refractivity contribution in [3.63, 3.8) is 0 Å². The minimum atomic E-state index is -1.21. The number of carbonyl (C=O) groups is 2. The molecule has 2 aromatic carbocycles. The van der Waals surface area contributed by atoms with Crippen LogP contribution < -0.4 is 20.1 Å². The zero-order chi connectivity index (χ0) is 25.8. The second-order valence-corrected chi connectivity index (χ2v) is 10.1. The lowest BCUT2D eigenvalue weighted by molar-refractivity contribution is -0.147. The number of benzene rings is 2. The van der Waals surface area contributed by atoms with Crippen LogP contribution in [0.15, 0.2) is 36.4 Å². The van der Waals surface area contributed by atoms with Gasteiger partial charge in [0.05, 0.1) is 20.1 Å². The fourth-order valence-electron chi connectivity index (χ4n) is 4.08. The molecule has 1 amide bonds. The van der Waals surface area contributed by atoms with Gasteiger partial charge < -0.3 is 30.0 Å². The number of carboxylic acids is 1. The first-order valence-corrected chi connectivity index (χ1v) is 11.9. The summed E-state index contributed by atoms with van der Waals surface area (Å²) in [6.45, 7) is 7.29.